The molecule has 0 unspecified atom stereocenters. The predicted octanol–water partition coefficient (Wildman–Crippen LogP) is 5.60. The fourth-order valence-electron chi connectivity index (χ4n) is 3.53. The van der Waals surface area contributed by atoms with Gasteiger partial charge in [0, 0.05) is 27.3 Å². The van der Waals surface area contributed by atoms with Crippen molar-refractivity contribution in [2.45, 2.75) is 38.6 Å². The highest BCUT2D eigenvalue weighted by Gasteiger charge is 2.22. The van der Waals surface area contributed by atoms with Crippen LogP contribution in [0.15, 0.2) is 58.2 Å². The summed E-state index contributed by atoms with van der Waals surface area (Å²) in [4.78, 5) is 22.2. The number of aromatic nitrogens is 5. The Hall–Kier alpha value is -3.04. The molecule has 7 nitrogen and oxygen atoms in total. The van der Waals surface area contributed by atoms with Gasteiger partial charge in [-0.05, 0) is 81.3 Å². The van der Waals surface area contributed by atoms with Crippen LogP contribution in [-0.2, 0) is 5.75 Å². The molecule has 0 aliphatic carbocycles. The van der Waals surface area contributed by atoms with E-state index in [9.17, 15) is 4.79 Å². The monoisotopic (exact) mass is 522 g/mol. The van der Waals surface area contributed by atoms with E-state index in [4.69, 9.17) is 0 Å². The van der Waals surface area contributed by atoms with E-state index >= 15 is 0 Å². The van der Waals surface area contributed by atoms with E-state index in [2.05, 4.69) is 47.6 Å². The van der Waals surface area contributed by atoms with Gasteiger partial charge < -0.3 is 5.32 Å². The normalized spacial score (nSPS) is 10.9. The fourth-order valence-corrected chi connectivity index (χ4v) is 4.73. The lowest BCUT2D eigenvalue weighted by Gasteiger charge is -2.10. The highest BCUT2D eigenvalue weighted by molar-refractivity contribution is 9.10. The topological polar surface area (TPSA) is 85.6 Å². The van der Waals surface area contributed by atoms with Crippen LogP contribution in [0, 0.1) is 27.7 Å². The number of halogens is 1. The van der Waals surface area contributed by atoms with Crippen LogP contribution in [0.5, 0.6) is 0 Å². The Morgan fingerprint density at radius 1 is 0.970 bits per heavy atom. The first-order chi connectivity index (χ1) is 15.8. The van der Waals surface area contributed by atoms with Crippen molar-refractivity contribution in [2.24, 2.45) is 0 Å². The Bertz CT molecular complexity index is 1280. The molecule has 168 valence electrons. The summed E-state index contributed by atoms with van der Waals surface area (Å²) in [5.41, 5.74) is 6.44. The maximum atomic E-state index is 13.2. The number of rotatable bonds is 6. The Morgan fingerprint density at radius 3 is 2.24 bits per heavy atom. The number of nitrogens with one attached hydrogen (secondary N) is 1. The van der Waals surface area contributed by atoms with Crippen LogP contribution in [0.1, 0.15) is 38.7 Å². The van der Waals surface area contributed by atoms with E-state index in [1.54, 1.807) is 4.68 Å². The third-order valence-corrected chi connectivity index (χ3v) is 6.22. The molecule has 0 spiro atoms. The Morgan fingerprint density at radius 2 is 1.61 bits per heavy atom. The standard InChI is InChI=1S/C24H23BrN6OS/c1-14-9-15(2)11-19(10-14)28-23(32)22-21(13-33-24-26-16(3)12-17(4)27-24)31(30-29-22)20-7-5-18(25)6-8-20/h5-12H,13H2,1-4H3,(H,28,32). The predicted molar refractivity (Wildman–Crippen MR) is 134 cm³/mol. The summed E-state index contributed by atoms with van der Waals surface area (Å²) in [6.45, 7) is 7.88. The minimum Gasteiger partial charge on any atom is -0.321 e. The lowest BCUT2D eigenvalue weighted by atomic mass is 10.1. The van der Waals surface area contributed by atoms with E-state index < -0.39 is 0 Å². The number of benzene rings is 2. The number of carbonyl (C=O) groups is 1. The number of thioether (sulfide) groups is 1. The van der Waals surface area contributed by atoms with Crippen molar-refractivity contribution in [3.63, 3.8) is 0 Å². The molecule has 4 aromatic rings. The summed E-state index contributed by atoms with van der Waals surface area (Å²) in [7, 11) is 0. The second kappa shape index (κ2) is 9.84. The van der Waals surface area contributed by atoms with Crippen LogP contribution in [0.2, 0.25) is 0 Å². The molecule has 2 aromatic heterocycles. The van der Waals surface area contributed by atoms with Crippen molar-refractivity contribution < 1.29 is 4.79 Å². The molecule has 0 aliphatic rings. The average Bonchev–Trinajstić information content (AvgIpc) is 3.15. The minimum atomic E-state index is -0.305. The molecule has 1 amide bonds. The van der Waals surface area contributed by atoms with Crippen molar-refractivity contribution in [3.05, 3.63) is 86.9 Å². The van der Waals surface area contributed by atoms with Crippen molar-refractivity contribution in [1.82, 2.24) is 25.0 Å². The van der Waals surface area contributed by atoms with Crippen LogP contribution in [0.25, 0.3) is 5.69 Å². The molecule has 0 saturated carbocycles. The molecule has 0 aliphatic heterocycles. The van der Waals surface area contributed by atoms with E-state index in [0.29, 0.717) is 16.6 Å². The lowest BCUT2D eigenvalue weighted by Crippen LogP contribution is -2.15. The maximum absolute atomic E-state index is 13.2. The molecular weight excluding hydrogens is 500 g/mol. The molecule has 1 N–H and O–H groups in total. The second-order valence-corrected chi connectivity index (χ2v) is 9.68. The zero-order valence-electron chi connectivity index (χ0n) is 18.8. The van der Waals surface area contributed by atoms with Gasteiger partial charge in [-0.3, -0.25) is 4.79 Å². The highest BCUT2D eigenvalue weighted by Crippen LogP contribution is 2.25. The van der Waals surface area contributed by atoms with Crippen molar-refractivity contribution in [3.8, 4) is 5.69 Å². The molecule has 4 rings (SSSR count). The first kappa shape index (κ1) is 23.1. The van der Waals surface area contributed by atoms with Gasteiger partial charge in [-0.25, -0.2) is 14.6 Å². The highest BCUT2D eigenvalue weighted by atomic mass is 79.9. The Kier molecular flexibility index (Phi) is 6.90. The quantitative estimate of drug-likeness (QED) is 0.262. The number of aryl methyl sites for hydroxylation is 4. The van der Waals surface area contributed by atoms with Crippen LogP contribution in [-0.4, -0.2) is 30.9 Å². The molecule has 0 radical (unpaired) electrons. The number of amides is 1. The van der Waals surface area contributed by atoms with Crippen molar-refractivity contribution in [1.29, 1.82) is 0 Å². The van der Waals surface area contributed by atoms with Gasteiger partial charge >= 0.3 is 0 Å². The summed E-state index contributed by atoms with van der Waals surface area (Å²) < 4.78 is 2.65. The van der Waals surface area contributed by atoms with E-state index in [-0.39, 0.29) is 11.6 Å². The molecule has 2 aromatic carbocycles. The molecule has 0 saturated heterocycles. The number of carbonyl (C=O) groups excluding carboxylic acids is 1. The first-order valence-electron chi connectivity index (χ1n) is 10.3. The van der Waals surface area contributed by atoms with Crippen LogP contribution in [0.3, 0.4) is 0 Å². The number of hydrogen-bond donors (Lipinski definition) is 1. The van der Waals surface area contributed by atoms with Crippen molar-refractivity contribution >= 4 is 39.3 Å². The maximum Gasteiger partial charge on any atom is 0.278 e. The summed E-state index contributed by atoms with van der Waals surface area (Å²) in [5.74, 6) is 0.127. The van der Waals surface area contributed by atoms with Gasteiger partial charge in [-0.15, -0.1) is 5.10 Å². The van der Waals surface area contributed by atoms with Crippen LogP contribution < -0.4 is 5.32 Å². The largest absolute Gasteiger partial charge is 0.321 e. The van der Waals surface area contributed by atoms with E-state index in [1.807, 2.05) is 70.2 Å². The average molecular weight is 523 g/mol. The number of nitrogens with zero attached hydrogens (tertiary/aromatic N) is 5. The van der Waals surface area contributed by atoms with E-state index in [1.165, 1.54) is 11.8 Å². The first-order valence-corrected chi connectivity index (χ1v) is 12.1. The van der Waals surface area contributed by atoms with Gasteiger partial charge in [0.15, 0.2) is 10.9 Å². The molecule has 33 heavy (non-hydrogen) atoms. The number of anilines is 1. The Balaban J connectivity index is 1.68. The zero-order valence-corrected chi connectivity index (χ0v) is 21.2. The third-order valence-electron chi connectivity index (χ3n) is 4.83. The van der Waals surface area contributed by atoms with Gasteiger partial charge in [0.05, 0.1) is 11.4 Å². The summed E-state index contributed by atoms with van der Waals surface area (Å²) in [6, 6.07) is 15.6. The molecule has 0 atom stereocenters. The zero-order chi connectivity index (χ0) is 23.5. The molecule has 0 fully saturated rings. The van der Waals surface area contributed by atoms with Gasteiger partial charge in [0.1, 0.15) is 0 Å². The molecule has 9 heteroatoms. The van der Waals surface area contributed by atoms with Crippen LogP contribution >= 0.6 is 27.7 Å². The molecule has 0 bridgehead atoms. The second-order valence-electron chi connectivity index (χ2n) is 7.83. The van der Waals surface area contributed by atoms with Gasteiger partial charge in [-0.2, -0.15) is 0 Å². The minimum absolute atomic E-state index is 0.272. The summed E-state index contributed by atoms with van der Waals surface area (Å²) in [5, 5.41) is 12.2. The Labute approximate surface area is 205 Å². The van der Waals surface area contributed by atoms with E-state index in [0.717, 1.165) is 38.4 Å². The van der Waals surface area contributed by atoms with Gasteiger partial charge in [-0.1, -0.05) is 39.0 Å². The van der Waals surface area contributed by atoms with Gasteiger partial charge in [0.25, 0.3) is 5.91 Å². The molecule has 2 heterocycles. The van der Waals surface area contributed by atoms with Crippen molar-refractivity contribution in [2.75, 3.05) is 5.32 Å². The summed E-state index contributed by atoms with van der Waals surface area (Å²) in [6.07, 6.45) is 0. The summed E-state index contributed by atoms with van der Waals surface area (Å²) >= 11 is 4.91. The van der Waals surface area contributed by atoms with Gasteiger partial charge in [0.2, 0.25) is 0 Å². The third kappa shape index (κ3) is 5.66. The SMILES string of the molecule is Cc1cc(C)cc(NC(=O)c2nnn(-c3ccc(Br)cc3)c2CSc2nc(C)cc(C)n2)c1. The smallest absolute Gasteiger partial charge is 0.278 e. The fraction of sp³-hybridized carbons (Fsp3) is 0.208. The molecular formula is C24H23BrN6OS. The number of hydrogen-bond acceptors (Lipinski definition) is 6. The lowest BCUT2D eigenvalue weighted by molar-refractivity contribution is 0.102. The van der Waals surface area contributed by atoms with Crippen LogP contribution in [0.4, 0.5) is 5.69 Å².